The van der Waals surface area contributed by atoms with Gasteiger partial charge in [0.25, 0.3) is 5.56 Å². The van der Waals surface area contributed by atoms with Crippen molar-refractivity contribution in [3.63, 3.8) is 0 Å². The van der Waals surface area contributed by atoms with Gasteiger partial charge in [-0.2, -0.15) is 0 Å². The molecule has 0 unspecified atom stereocenters. The molecule has 0 spiro atoms. The maximum atomic E-state index is 11.4. The average Bonchev–Trinajstić information content (AvgIpc) is 2.89. The van der Waals surface area contributed by atoms with Crippen LogP contribution in [0, 0.1) is 0 Å². The van der Waals surface area contributed by atoms with E-state index in [9.17, 15) is 4.79 Å². The largest absolute Gasteiger partial charge is 0.493 e. The summed E-state index contributed by atoms with van der Waals surface area (Å²) in [6.45, 7) is 1.48. The van der Waals surface area contributed by atoms with Gasteiger partial charge in [-0.25, -0.2) is 0 Å². The molecule has 108 valence electrons. The van der Waals surface area contributed by atoms with Gasteiger partial charge in [0.15, 0.2) is 0 Å². The molecule has 0 saturated carbocycles. The highest BCUT2D eigenvalue weighted by Gasteiger charge is 2.02. The summed E-state index contributed by atoms with van der Waals surface area (Å²) in [5.74, 6) is 0.762. The van der Waals surface area contributed by atoms with Gasteiger partial charge in [-0.3, -0.25) is 15.0 Å². The Morgan fingerprint density at radius 2 is 1.90 bits per heavy atom. The number of aromatic amines is 2. The molecule has 3 aromatic rings. The molecule has 0 atom stereocenters. The van der Waals surface area contributed by atoms with E-state index in [4.69, 9.17) is 4.74 Å². The highest BCUT2D eigenvalue weighted by molar-refractivity contribution is 5.79. The van der Waals surface area contributed by atoms with Gasteiger partial charge >= 0.3 is 0 Å². The monoisotopic (exact) mass is 283 g/mol. The molecule has 3 N–H and O–H groups in total. The van der Waals surface area contributed by atoms with Crippen LogP contribution in [0.3, 0.4) is 0 Å². The lowest BCUT2D eigenvalue weighted by Crippen LogP contribution is -2.07. The van der Waals surface area contributed by atoms with Gasteiger partial charge in [-0.1, -0.05) is 18.2 Å². The zero-order valence-corrected chi connectivity index (χ0v) is 11.6. The van der Waals surface area contributed by atoms with Crippen molar-refractivity contribution < 1.29 is 4.74 Å². The molecule has 5 nitrogen and oxygen atoms in total. The van der Waals surface area contributed by atoms with Gasteiger partial charge in [0, 0.05) is 18.3 Å². The lowest BCUT2D eigenvalue weighted by Gasteiger charge is -2.08. The molecule has 0 radical (unpaired) electrons. The second-order valence-electron chi connectivity index (χ2n) is 4.78. The highest BCUT2D eigenvalue weighted by Crippen LogP contribution is 2.16. The van der Waals surface area contributed by atoms with E-state index in [1.807, 2.05) is 42.5 Å². The Hall–Kier alpha value is -2.69. The average molecular weight is 283 g/mol. The van der Waals surface area contributed by atoms with Crippen molar-refractivity contribution in [3.05, 3.63) is 58.9 Å². The van der Waals surface area contributed by atoms with Crippen molar-refractivity contribution in [3.8, 4) is 5.75 Å². The van der Waals surface area contributed by atoms with Crippen LogP contribution in [-0.4, -0.2) is 23.3 Å². The minimum absolute atomic E-state index is 0.108. The first-order chi connectivity index (χ1) is 10.3. The topological polar surface area (TPSA) is 69.9 Å². The first-order valence-electron chi connectivity index (χ1n) is 6.95. The SMILES string of the molecule is O=c1[nH][nH]c2cc(OCCCNc3ccccc3)ccc12. The summed E-state index contributed by atoms with van der Waals surface area (Å²) < 4.78 is 5.69. The van der Waals surface area contributed by atoms with Crippen LogP contribution in [0.5, 0.6) is 5.75 Å². The second kappa shape index (κ2) is 6.17. The van der Waals surface area contributed by atoms with Crippen molar-refractivity contribution in [1.29, 1.82) is 0 Å². The number of nitrogens with one attached hydrogen (secondary N) is 3. The van der Waals surface area contributed by atoms with Crippen molar-refractivity contribution in [2.24, 2.45) is 0 Å². The summed E-state index contributed by atoms with van der Waals surface area (Å²) in [5.41, 5.74) is 1.77. The lowest BCUT2D eigenvalue weighted by atomic mass is 10.2. The molecule has 0 saturated heterocycles. The molecule has 0 amide bonds. The fourth-order valence-corrected chi connectivity index (χ4v) is 2.16. The van der Waals surface area contributed by atoms with E-state index in [0.29, 0.717) is 12.0 Å². The Kier molecular flexibility index (Phi) is 3.91. The number of aromatic nitrogens is 2. The number of ether oxygens (including phenoxy) is 1. The maximum Gasteiger partial charge on any atom is 0.271 e. The fourth-order valence-electron chi connectivity index (χ4n) is 2.16. The minimum Gasteiger partial charge on any atom is -0.493 e. The van der Waals surface area contributed by atoms with Crippen LogP contribution in [0.1, 0.15) is 6.42 Å². The quantitative estimate of drug-likeness (QED) is 0.609. The molecule has 0 bridgehead atoms. The number of rotatable bonds is 6. The van der Waals surface area contributed by atoms with E-state index in [0.717, 1.165) is 29.9 Å². The van der Waals surface area contributed by atoms with Gasteiger partial charge in [-0.15, -0.1) is 0 Å². The van der Waals surface area contributed by atoms with E-state index < -0.39 is 0 Å². The zero-order chi connectivity index (χ0) is 14.5. The molecule has 0 aliphatic rings. The third-order valence-corrected chi connectivity index (χ3v) is 3.24. The Morgan fingerprint density at radius 3 is 2.76 bits per heavy atom. The van der Waals surface area contributed by atoms with Crippen LogP contribution in [0.25, 0.3) is 10.9 Å². The predicted molar refractivity (Wildman–Crippen MR) is 84.0 cm³/mol. The Morgan fingerprint density at radius 1 is 1.05 bits per heavy atom. The summed E-state index contributed by atoms with van der Waals surface area (Å²) in [5, 5.41) is 9.35. The first-order valence-corrected chi connectivity index (χ1v) is 6.95. The molecule has 0 aliphatic carbocycles. The number of benzene rings is 2. The normalized spacial score (nSPS) is 10.7. The predicted octanol–water partition coefficient (Wildman–Crippen LogP) is 2.74. The van der Waals surface area contributed by atoms with Crippen molar-refractivity contribution in [2.75, 3.05) is 18.5 Å². The smallest absolute Gasteiger partial charge is 0.271 e. The molecule has 5 heteroatoms. The van der Waals surface area contributed by atoms with Gasteiger partial charge in [0.05, 0.1) is 17.5 Å². The molecule has 0 aliphatic heterocycles. The van der Waals surface area contributed by atoms with Gasteiger partial charge in [0.1, 0.15) is 5.75 Å². The van der Waals surface area contributed by atoms with Crippen LogP contribution in [-0.2, 0) is 0 Å². The summed E-state index contributed by atoms with van der Waals surface area (Å²) in [6, 6.07) is 15.5. The number of fused-ring (bicyclic) bond motifs is 1. The molecule has 3 rings (SSSR count). The standard InChI is InChI=1S/C16H17N3O2/c20-16-14-8-7-13(11-15(14)18-19-16)21-10-4-9-17-12-5-2-1-3-6-12/h1-3,5-8,11,17H,4,9-10H2,(H2,18,19,20). The highest BCUT2D eigenvalue weighted by atomic mass is 16.5. The molecular weight excluding hydrogens is 266 g/mol. The number of hydrogen-bond acceptors (Lipinski definition) is 3. The Balaban J connectivity index is 1.47. The zero-order valence-electron chi connectivity index (χ0n) is 11.6. The number of para-hydroxylation sites is 1. The minimum atomic E-state index is -0.108. The van der Waals surface area contributed by atoms with E-state index in [1.54, 1.807) is 6.07 Å². The van der Waals surface area contributed by atoms with E-state index in [1.165, 1.54) is 0 Å². The first kappa shape index (κ1) is 13.3. The second-order valence-corrected chi connectivity index (χ2v) is 4.78. The van der Waals surface area contributed by atoms with Crippen molar-refractivity contribution in [2.45, 2.75) is 6.42 Å². The fraction of sp³-hybridized carbons (Fsp3) is 0.188. The van der Waals surface area contributed by atoms with Crippen LogP contribution >= 0.6 is 0 Å². The number of anilines is 1. The van der Waals surface area contributed by atoms with Gasteiger partial charge in [-0.05, 0) is 30.7 Å². The summed E-state index contributed by atoms with van der Waals surface area (Å²) in [7, 11) is 0. The van der Waals surface area contributed by atoms with Crippen molar-refractivity contribution >= 4 is 16.6 Å². The Labute approximate surface area is 121 Å². The molecule has 0 fully saturated rings. The van der Waals surface area contributed by atoms with Crippen LogP contribution in [0.15, 0.2) is 53.3 Å². The maximum absolute atomic E-state index is 11.4. The number of H-pyrrole nitrogens is 2. The van der Waals surface area contributed by atoms with E-state index in [-0.39, 0.29) is 5.56 Å². The Bertz CT molecular complexity index is 762. The van der Waals surface area contributed by atoms with E-state index >= 15 is 0 Å². The molecule has 21 heavy (non-hydrogen) atoms. The third kappa shape index (κ3) is 3.25. The van der Waals surface area contributed by atoms with E-state index in [2.05, 4.69) is 15.5 Å². The van der Waals surface area contributed by atoms with Gasteiger partial charge in [0.2, 0.25) is 0 Å². The summed E-state index contributed by atoms with van der Waals surface area (Å²) in [6.07, 6.45) is 0.899. The molecular formula is C16H17N3O2. The molecule has 2 aromatic carbocycles. The van der Waals surface area contributed by atoms with Crippen LogP contribution in [0.2, 0.25) is 0 Å². The summed E-state index contributed by atoms with van der Waals surface area (Å²) in [4.78, 5) is 11.4. The lowest BCUT2D eigenvalue weighted by molar-refractivity contribution is 0.315. The summed E-state index contributed by atoms with van der Waals surface area (Å²) >= 11 is 0. The third-order valence-electron chi connectivity index (χ3n) is 3.24. The van der Waals surface area contributed by atoms with Gasteiger partial charge < -0.3 is 10.1 Å². The van der Waals surface area contributed by atoms with Crippen molar-refractivity contribution in [1.82, 2.24) is 10.2 Å². The van der Waals surface area contributed by atoms with Crippen LogP contribution < -0.4 is 15.6 Å². The number of hydrogen-bond donors (Lipinski definition) is 3. The molecule has 1 heterocycles. The molecule has 1 aromatic heterocycles. The van der Waals surface area contributed by atoms with Crippen LogP contribution in [0.4, 0.5) is 5.69 Å².